The highest BCUT2D eigenvalue weighted by Crippen LogP contribution is 2.41. The first-order valence-electron chi connectivity index (χ1n) is 11.3. The Morgan fingerprint density at radius 2 is 1.79 bits per heavy atom. The van der Waals surface area contributed by atoms with Gasteiger partial charge in [0.15, 0.2) is 11.5 Å². The van der Waals surface area contributed by atoms with E-state index in [-0.39, 0.29) is 29.6 Å². The lowest BCUT2D eigenvalue weighted by molar-refractivity contribution is -0.385. The summed E-state index contributed by atoms with van der Waals surface area (Å²) in [6.07, 6.45) is -3.29. The van der Waals surface area contributed by atoms with Crippen molar-refractivity contribution in [3.05, 3.63) is 97.4 Å². The van der Waals surface area contributed by atoms with Crippen LogP contribution in [-0.4, -0.2) is 27.6 Å². The number of imide groups is 1. The van der Waals surface area contributed by atoms with Gasteiger partial charge in [0.25, 0.3) is 11.1 Å². The number of halogens is 4. The van der Waals surface area contributed by atoms with Gasteiger partial charge in [-0.15, -0.1) is 0 Å². The molecule has 1 saturated heterocycles. The van der Waals surface area contributed by atoms with Crippen LogP contribution >= 0.6 is 23.4 Å². The van der Waals surface area contributed by atoms with Gasteiger partial charge >= 0.3 is 11.9 Å². The third-order valence-electron chi connectivity index (χ3n) is 5.37. The summed E-state index contributed by atoms with van der Waals surface area (Å²) in [7, 11) is 0. The zero-order chi connectivity index (χ0) is 28.3. The highest BCUT2D eigenvalue weighted by atomic mass is 35.5. The van der Waals surface area contributed by atoms with E-state index in [1.165, 1.54) is 24.3 Å². The fourth-order valence-electron chi connectivity index (χ4n) is 3.61. The molecule has 1 aliphatic heterocycles. The Balaban J connectivity index is 1.60. The van der Waals surface area contributed by atoms with Gasteiger partial charge in [0.2, 0.25) is 5.75 Å². The number of alkyl halides is 3. The molecule has 2 amide bonds. The lowest BCUT2D eigenvalue weighted by Gasteiger charge is -2.14. The van der Waals surface area contributed by atoms with Crippen molar-refractivity contribution in [1.82, 2.24) is 4.90 Å². The van der Waals surface area contributed by atoms with Gasteiger partial charge in [-0.2, -0.15) is 13.2 Å². The number of hydrogen-bond acceptors (Lipinski definition) is 7. The minimum atomic E-state index is -4.77. The van der Waals surface area contributed by atoms with Gasteiger partial charge in [-0.05, 0) is 72.3 Å². The predicted molar refractivity (Wildman–Crippen MR) is 139 cm³/mol. The predicted octanol–water partition coefficient (Wildman–Crippen LogP) is 7.69. The molecule has 1 heterocycles. The summed E-state index contributed by atoms with van der Waals surface area (Å²) in [4.78, 5) is 37.1. The molecule has 0 atom stereocenters. The normalized spacial score (nSPS) is 14.7. The van der Waals surface area contributed by atoms with Gasteiger partial charge in [0.1, 0.15) is 0 Å². The second-order valence-electron chi connectivity index (χ2n) is 8.08. The third kappa shape index (κ3) is 6.52. The van der Waals surface area contributed by atoms with Crippen molar-refractivity contribution < 1.29 is 37.2 Å². The summed E-state index contributed by atoms with van der Waals surface area (Å²) >= 11 is 6.75. The molecule has 202 valence electrons. The van der Waals surface area contributed by atoms with Gasteiger partial charge in [0.05, 0.1) is 28.5 Å². The molecule has 8 nitrogen and oxygen atoms in total. The zero-order valence-electron chi connectivity index (χ0n) is 20.0. The first-order chi connectivity index (χ1) is 18.5. The number of nitro benzene ring substituents is 1. The van der Waals surface area contributed by atoms with Crippen molar-refractivity contribution in [2.45, 2.75) is 19.6 Å². The van der Waals surface area contributed by atoms with Gasteiger partial charge in [0, 0.05) is 11.1 Å². The molecule has 1 aliphatic rings. The number of carbonyl (C=O) groups excluding carboxylic acids is 2. The average Bonchev–Trinajstić information content (AvgIpc) is 3.12. The Labute approximate surface area is 229 Å². The Morgan fingerprint density at radius 3 is 2.46 bits per heavy atom. The van der Waals surface area contributed by atoms with Crippen LogP contribution in [0.1, 0.15) is 23.6 Å². The van der Waals surface area contributed by atoms with E-state index in [2.05, 4.69) is 0 Å². The lowest BCUT2D eigenvalue weighted by atomic mass is 10.1. The molecule has 0 N–H and O–H groups in total. The second kappa shape index (κ2) is 11.4. The molecular weight excluding hydrogens is 561 g/mol. The van der Waals surface area contributed by atoms with Crippen molar-refractivity contribution in [3.8, 4) is 17.2 Å². The quantitative estimate of drug-likeness (QED) is 0.153. The lowest BCUT2D eigenvalue weighted by Crippen LogP contribution is -2.27. The van der Waals surface area contributed by atoms with Crippen LogP contribution in [0, 0.1) is 10.1 Å². The van der Waals surface area contributed by atoms with Gasteiger partial charge < -0.3 is 9.47 Å². The Bertz CT molecular complexity index is 1490. The van der Waals surface area contributed by atoms with Crippen LogP contribution < -0.4 is 9.47 Å². The molecule has 3 aromatic carbocycles. The van der Waals surface area contributed by atoms with Crippen molar-refractivity contribution in [2.75, 3.05) is 6.61 Å². The number of benzene rings is 3. The van der Waals surface area contributed by atoms with E-state index in [1.807, 2.05) is 0 Å². The molecule has 13 heteroatoms. The van der Waals surface area contributed by atoms with Crippen molar-refractivity contribution >= 4 is 46.3 Å². The number of hydrogen-bond donors (Lipinski definition) is 0. The number of thioether (sulfide) groups is 1. The van der Waals surface area contributed by atoms with Gasteiger partial charge in [-0.1, -0.05) is 29.8 Å². The maximum absolute atomic E-state index is 13.0. The Morgan fingerprint density at radius 1 is 1.05 bits per heavy atom. The molecule has 0 aliphatic carbocycles. The summed E-state index contributed by atoms with van der Waals surface area (Å²) in [5.41, 5.74) is -0.916. The highest BCUT2D eigenvalue weighted by molar-refractivity contribution is 8.18. The topological polar surface area (TPSA) is 99.0 Å². The van der Waals surface area contributed by atoms with Crippen LogP contribution in [0.3, 0.4) is 0 Å². The Hall–Kier alpha value is -4.03. The maximum Gasteiger partial charge on any atom is 0.416 e. The van der Waals surface area contributed by atoms with Crippen LogP contribution in [-0.2, 0) is 17.5 Å². The molecule has 0 saturated carbocycles. The number of amides is 2. The molecule has 0 aromatic heterocycles. The fraction of sp³-hybridized carbons (Fsp3) is 0.154. The smallest absolute Gasteiger partial charge is 0.416 e. The first-order valence-corrected chi connectivity index (χ1v) is 12.5. The summed E-state index contributed by atoms with van der Waals surface area (Å²) < 4.78 is 50.2. The van der Waals surface area contributed by atoms with E-state index in [1.54, 1.807) is 31.2 Å². The Kier molecular flexibility index (Phi) is 8.17. The molecule has 0 unspecified atom stereocenters. The summed E-state index contributed by atoms with van der Waals surface area (Å²) in [5, 5.41) is 11.4. The monoisotopic (exact) mass is 578 g/mol. The first kappa shape index (κ1) is 28.0. The number of ether oxygens (including phenoxy) is 2. The van der Waals surface area contributed by atoms with E-state index in [0.29, 0.717) is 28.3 Å². The number of nitro groups is 1. The van der Waals surface area contributed by atoms with Crippen molar-refractivity contribution in [1.29, 1.82) is 0 Å². The van der Waals surface area contributed by atoms with Gasteiger partial charge in [-0.3, -0.25) is 24.6 Å². The molecule has 4 rings (SSSR count). The molecule has 39 heavy (non-hydrogen) atoms. The minimum Gasteiger partial charge on any atom is -0.490 e. The maximum atomic E-state index is 13.0. The SMILES string of the molecule is CCOc1cc(/C=C2\SC(=O)N(Cc3cccc(Cl)c3)C2=O)ccc1Oc1ccc(C(F)(F)F)cc1[N+](=O)[O-]. The molecule has 0 spiro atoms. The molecule has 0 radical (unpaired) electrons. The number of rotatable bonds is 8. The fourth-order valence-corrected chi connectivity index (χ4v) is 4.66. The van der Waals surface area contributed by atoms with E-state index >= 15 is 0 Å². The van der Waals surface area contributed by atoms with Crippen LogP contribution in [0.4, 0.5) is 23.7 Å². The van der Waals surface area contributed by atoms with E-state index in [4.69, 9.17) is 21.1 Å². The number of carbonyl (C=O) groups is 2. The van der Waals surface area contributed by atoms with Crippen molar-refractivity contribution in [3.63, 3.8) is 0 Å². The third-order valence-corrected chi connectivity index (χ3v) is 6.51. The van der Waals surface area contributed by atoms with E-state index in [0.717, 1.165) is 22.7 Å². The standard InChI is InChI=1S/C26H18ClF3N2O6S/c1-2-37-22-11-15(12-23-24(33)31(25(34)39-23)14-16-4-3-5-18(27)10-16)6-8-21(22)38-20-9-7-17(26(28,29)30)13-19(20)32(35)36/h3-13H,2,14H2,1H3/b23-12-. The zero-order valence-corrected chi connectivity index (χ0v) is 21.6. The van der Waals surface area contributed by atoms with Crippen LogP contribution in [0.2, 0.25) is 5.02 Å². The van der Waals surface area contributed by atoms with E-state index in [9.17, 15) is 32.9 Å². The second-order valence-corrected chi connectivity index (χ2v) is 9.51. The summed E-state index contributed by atoms with van der Waals surface area (Å²) in [5.74, 6) is -0.781. The molecular formula is C26H18ClF3N2O6S. The minimum absolute atomic E-state index is 0.00548. The van der Waals surface area contributed by atoms with E-state index < -0.39 is 39.2 Å². The summed E-state index contributed by atoms with van der Waals surface area (Å²) in [6.45, 7) is 1.90. The molecule has 3 aromatic rings. The highest BCUT2D eigenvalue weighted by Gasteiger charge is 2.35. The molecule has 1 fully saturated rings. The largest absolute Gasteiger partial charge is 0.490 e. The van der Waals surface area contributed by atoms with Crippen LogP contribution in [0.25, 0.3) is 6.08 Å². The van der Waals surface area contributed by atoms with Gasteiger partial charge in [-0.25, -0.2) is 0 Å². The number of nitrogens with zero attached hydrogens (tertiary/aromatic N) is 2. The van der Waals surface area contributed by atoms with Crippen LogP contribution in [0.15, 0.2) is 65.6 Å². The average molecular weight is 579 g/mol. The van der Waals surface area contributed by atoms with Crippen molar-refractivity contribution in [2.24, 2.45) is 0 Å². The molecule has 0 bridgehead atoms. The van der Waals surface area contributed by atoms with Crippen LogP contribution in [0.5, 0.6) is 17.2 Å². The summed E-state index contributed by atoms with van der Waals surface area (Å²) in [6, 6.07) is 13.1.